The number of hydrogen-bond donors (Lipinski definition) is 0. The Kier molecular flexibility index (Phi) is 7.41. The van der Waals surface area contributed by atoms with Crippen LogP contribution < -0.4 is 4.90 Å². The Labute approximate surface area is 307 Å². The van der Waals surface area contributed by atoms with Gasteiger partial charge in [-0.05, 0) is 110 Å². The van der Waals surface area contributed by atoms with E-state index in [1.54, 1.807) is 0 Å². The van der Waals surface area contributed by atoms with Crippen molar-refractivity contribution in [1.29, 1.82) is 0 Å². The lowest BCUT2D eigenvalue weighted by Crippen LogP contribution is -2.10. The van der Waals surface area contributed by atoms with E-state index in [2.05, 4.69) is 205 Å². The molecule has 0 N–H and O–H groups in total. The van der Waals surface area contributed by atoms with Gasteiger partial charge in [-0.3, -0.25) is 0 Å². The molecule has 0 aliphatic carbocycles. The highest BCUT2D eigenvalue weighted by atomic mass is 32.1. The molecule has 0 saturated heterocycles. The largest absolute Gasteiger partial charge is 0.310 e. The van der Waals surface area contributed by atoms with Crippen molar-refractivity contribution < 1.29 is 0 Å². The molecule has 0 atom stereocenters. The van der Waals surface area contributed by atoms with Crippen LogP contribution in [0.4, 0.5) is 17.1 Å². The summed E-state index contributed by atoms with van der Waals surface area (Å²) in [6.07, 6.45) is 0. The normalized spacial score (nSPS) is 11.5. The van der Waals surface area contributed by atoms with Gasteiger partial charge in [-0.15, -0.1) is 11.3 Å². The lowest BCUT2D eigenvalue weighted by atomic mass is 9.99. The maximum atomic E-state index is 2.36. The molecule has 0 unspecified atom stereocenters. The van der Waals surface area contributed by atoms with Crippen LogP contribution in [0.5, 0.6) is 0 Å². The average Bonchev–Trinajstić information content (AvgIpc) is 3.61. The van der Waals surface area contributed by atoms with E-state index in [1.807, 2.05) is 11.3 Å². The summed E-state index contributed by atoms with van der Waals surface area (Å²) in [5.41, 5.74) is 10.6. The van der Waals surface area contributed by atoms with E-state index in [0.717, 1.165) is 17.1 Å². The van der Waals surface area contributed by atoms with Crippen LogP contribution >= 0.6 is 11.3 Å². The van der Waals surface area contributed by atoms with Crippen LogP contribution in [0, 0.1) is 0 Å². The zero-order valence-corrected chi connectivity index (χ0v) is 29.2. The lowest BCUT2D eigenvalue weighted by Gasteiger charge is -2.26. The summed E-state index contributed by atoms with van der Waals surface area (Å²) >= 11 is 1.89. The van der Waals surface area contributed by atoms with E-state index in [9.17, 15) is 0 Å². The Hall–Kier alpha value is -6.48. The zero-order valence-electron chi connectivity index (χ0n) is 28.4. The Morgan fingerprint density at radius 3 is 1.60 bits per heavy atom. The predicted octanol–water partition coefficient (Wildman–Crippen LogP) is 14.8. The van der Waals surface area contributed by atoms with Crippen molar-refractivity contribution in [1.82, 2.24) is 0 Å². The van der Waals surface area contributed by atoms with Crippen molar-refractivity contribution in [3.63, 3.8) is 0 Å². The zero-order chi connectivity index (χ0) is 34.4. The first-order valence-corrected chi connectivity index (χ1v) is 18.6. The molecule has 0 saturated carbocycles. The van der Waals surface area contributed by atoms with Gasteiger partial charge in [-0.2, -0.15) is 0 Å². The lowest BCUT2D eigenvalue weighted by molar-refractivity contribution is 1.28. The third-order valence-corrected chi connectivity index (χ3v) is 11.5. The molecule has 0 radical (unpaired) electrons. The van der Waals surface area contributed by atoms with E-state index in [0.29, 0.717) is 0 Å². The highest BCUT2D eigenvalue weighted by Gasteiger charge is 2.15. The van der Waals surface area contributed by atoms with Crippen molar-refractivity contribution in [2.45, 2.75) is 0 Å². The molecule has 0 bridgehead atoms. The third-order valence-electron chi connectivity index (χ3n) is 10.2. The number of hydrogen-bond acceptors (Lipinski definition) is 2. The van der Waals surface area contributed by atoms with Gasteiger partial charge in [-0.25, -0.2) is 0 Å². The summed E-state index contributed by atoms with van der Waals surface area (Å²) in [5, 5.41) is 7.77. The summed E-state index contributed by atoms with van der Waals surface area (Å²) in [7, 11) is 0. The average molecular weight is 680 g/mol. The molecule has 0 aliphatic heterocycles. The molecule has 1 nitrogen and oxygen atoms in total. The van der Waals surface area contributed by atoms with Gasteiger partial charge in [-0.1, -0.05) is 146 Å². The van der Waals surface area contributed by atoms with E-state index in [1.165, 1.54) is 75.1 Å². The van der Waals surface area contributed by atoms with Gasteiger partial charge in [0.15, 0.2) is 0 Å². The molecule has 0 aliphatic rings. The molecule has 0 fully saturated rings. The van der Waals surface area contributed by atoms with Gasteiger partial charge in [0, 0.05) is 37.2 Å². The van der Waals surface area contributed by atoms with Gasteiger partial charge in [0.05, 0.1) is 0 Å². The second-order valence-electron chi connectivity index (χ2n) is 13.4. The van der Waals surface area contributed by atoms with Crippen molar-refractivity contribution in [3.8, 4) is 33.4 Å². The Morgan fingerprint density at radius 1 is 0.288 bits per heavy atom. The van der Waals surface area contributed by atoms with E-state index < -0.39 is 0 Å². The first-order chi connectivity index (χ1) is 25.7. The molecule has 1 aromatic heterocycles. The molecule has 9 aromatic carbocycles. The Morgan fingerprint density at radius 2 is 0.827 bits per heavy atom. The number of thiophene rings is 1. The van der Waals surface area contributed by atoms with Crippen LogP contribution in [0.3, 0.4) is 0 Å². The first-order valence-electron chi connectivity index (χ1n) is 17.7. The molecule has 1 heterocycles. The van der Waals surface area contributed by atoms with Gasteiger partial charge in [0.1, 0.15) is 0 Å². The van der Waals surface area contributed by atoms with Crippen LogP contribution in [0.1, 0.15) is 0 Å². The monoisotopic (exact) mass is 679 g/mol. The topological polar surface area (TPSA) is 3.24 Å². The number of fused-ring (bicyclic) bond motifs is 6. The van der Waals surface area contributed by atoms with Crippen LogP contribution in [-0.2, 0) is 0 Å². The van der Waals surface area contributed by atoms with Crippen LogP contribution in [0.2, 0.25) is 0 Å². The minimum atomic E-state index is 1.11. The molecular formula is C50H33NS. The minimum Gasteiger partial charge on any atom is -0.310 e. The van der Waals surface area contributed by atoms with Crippen LogP contribution in [0.15, 0.2) is 200 Å². The molecule has 10 rings (SSSR count). The second kappa shape index (κ2) is 12.7. The third kappa shape index (κ3) is 5.42. The number of nitrogens with zero attached hydrogens (tertiary/aromatic N) is 1. The summed E-state index contributed by atoms with van der Waals surface area (Å²) in [6, 6.07) is 72.9. The number of anilines is 3. The van der Waals surface area contributed by atoms with Gasteiger partial charge in [0.25, 0.3) is 0 Å². The minimum absolute atomic E-state index is 1.11. The maximum Gasteiger partial charge on any atom is 0.0467 e. The van der Waals surface area contributed by atoms with Gasteiger partial charge in [0.2, 0.25) is 0 Å². The fraction of sp³-hybridized carbons (Fsp3) is 0. The Bertz CT molecular complexity index is 2890. The van der Waals surface area contributed by atoms with Gasteiger partial charge < -0.3 is 4.90 Å². The molecule has 244 valence electrons. The van der Waals surface area contributed by atoms with Crippen molar-refractivity contribution in [2.24, 2.45) is 0 Å². The quantitative estimate of drug-likeness (QED) is 0.169. The fourth-order valence-corrected chi connectivity index (χ4v) is 8.81. The fourth-order valence-electron chi connectivity index (χ4n) is 7.57. The van der Waals surface area contributed by atoms with Crippen molar-refractivity contribution >= 4 is 70.1 Å². The number of rotatable bonds is 6. The summed E-state index contributed by atoms with van der Waals surface area (Å²) in [5.74, 6) is 0. The van der Waals surface area contributed by atoms with Crippen LogP contribution in [-0.4, -0.2) is 0 Å². The smallest absolute Gasteiger partial charge is 0.0467 e. The standard InChI is InChI=1S/C50H33NS/c1-2-9-34(10-3-1)39-13-8-14-45(33-39)51(43-25-19-36(20-26-43)40-18-17-35-11-4-5-12-38(35)31-40)44-27-21-37(22-28-44)41-23-29-46-42(32-41)24-30-48-47-15-6-7-16-49(47)52-50(46)48/h1-33H. The van der Waals surface area contributed by atoms with E-state index in [-0.39, 0.29) is 0 Å². The highest BCUT2D eigenvalue weighted by Crippen LogP contribution is 2.41. The van der Waals surface area contributed by atoms with Crippen molar-refractivity contribution in [2.75, 3.05) is 4.90 Å². The highest BCUT2D eigenvalue weighted by molar-refractivity contribution is 7.26. The molecule has 10 aromatic rings. The summed E-state index contributed by atoms with van der Waals surface area (Å²) < 4.78 is 2.70. The van der Waals surface area contributed by atoms with Crippen LogP contribution in [0.25, 0.3) is 75.1 Å². The number of benzene rings is 9. The van der Waals surface area contributed by atoms with Gasteiger partial charge >= 0.3 is 0 Å². The summed E-state index contributed by atoms with van der Waals surface area (Å²) in [4.78, 5) is 2.36. The predicted molar refractivity (Wildman–Crippen MR) is 225 cm³/mol. The van der Waals surface area contributed by atoms with E-state index in [4.69, 9.17) is 0 Å². The first kappa shape index (κ1) is 30.4. The molecule has 0 spiro atoms. The molecule has 0 amide bonds. The van der Waals surface area contributed by atoms with E-state index >= 15 is 0 Å². The summed E-state index contributed by atoms with van der Waals surface area (Å²) in [6.45, 7) is 0. The Balaban J connectivity index is 1.03. The van der Waals surface area contributed by atoms with Crippen molar-refractivity contribution in [3.05, 3.63) is 200 Å². The second-order valence-corrected chi connectivity index (χ2v) is 14.4. The molecule has 52 heavy (non-hydrogen) atoms. The molecular weight excluding hydrogens is 647 g/mol. The maximum absolute atomic E-state index is 2.36. The SMILES string of the molecule is c1ccc(-c2cccc(N(c3ccc(-c4ccc5ccccc5c4)cc3)c3ccc(-c4ccc5c(ccc6c7ccccc7sc56)c4)cc3)c2)cc1. The molecule has 2 heteroatoms.